The van der Waals surface area contributed by atoms with Gasteiger partial charge >= 0.3 is 0 Å². The fourth-order valence-electron chi connectivity index (χ4n) is 2.93. The SMILES string of the molecule is CCn1nccc1CN[C@@H]1CCO[C@@H](c2ccccc2)C1. The highest BCUT2D eigenvalue weighted by atomic mass is 16.5. The molecule has 0 bridgehead atoms. The van der Waals surface area contributed by atoms with Gasteiger partial charge in [0.25, 0.3) is 0 Å². The molecule has 1 aromatic heterocycles. The number of nitrogens with zero attached hydrogens (tertiary/aromatic N) is 2. The summed E-state index contributed by atoms with van der Waals surface area (Å²) in [7, 11) is 0. The lowest BCUT2D eigenvalue weighted by molar-refractivity contribution is -0.000144. The van der Waals surface area contributed by atoms with Crippen molar-refractivity contribution in [2.24, 2.45) is 0 Å². The highest BCUT2D eigenvalue weighted by Crippen LogP contribution is 2.28. The summed E-state index contributed by atoms with van der Waals surface area (Å²) in [4.78, 5) is 0. The van der Waals surface area contributed by atoms with Crippen molar-refractivity contribution in [3.05, 3.63) is 53.9 Å². The number of hydrogen-bond acceptors (Lipinski definition) is 3. The first-order valence-electron chi connectivity index (χ1n) is 7.77. The Bertz CT molecular complexity index is 552. The molecule has 2 atom stereocenters. The number of hydrogen-bond donors (Lipinski definition) is 1. The molecule has 2 aromatic rings. The summed E-state index contributed by atoms with van der Waals surface area (Å²) < 4.78 is 7.96. The molecule has 1 aliphatic rings. The monoisotopic (exact) mass is 285 g/mol. The minimum Gasteiger partial charge on any atom is -0.373 e. The fraction of sp³-hybridized carbons (Fsp3) is 0.471. The van der Waals surface area contributed by atoms with Crippen molar-refractivity contribution in [3.8, 4) is 0 Å². The Morgan fingerprint density at radius 2 is 2.14 bits per heavy atom. The second-order valence-electron chi connectivity index (χ2n) is 5.51. The van der Waals surface area contributed by atoms with E-state index < -0.39 is 0 Å². The van der Waals surface area contributed by atoms with Crippen LogP contribution in [0.2, 0.25) is 0 Å². The largest absolute Gasteiger partial charge is 0.373 e. The molecule has 0 unspecified atom stereocenters. The number of ether oxygens (including phenoxy) is 1. The van der Waals surface area contributed by atoms with Crippen LogP contribution in [0.4, 0.5) is 0 Å². The first-order valence-corrected chi connectivity index (χ1v) is 7.77. The van der Waals surface area contributed by atoms with E-state index in [0.717, 1.165) is 32.5 Å². The number of rotatable bonds is 5. The lowest BCUT2D eigenvalue weighted by Gasteiger charge is -2.30. The van der Waals surface area contributed by atoms with Crippen LogP contribution in [0.5, 0.6) is 0 Å². The van der Waals surface area contributed by atoms with Gasteiger partial charge in [-0.15, -0.1) is 0 Å². The molecule has 0 amide bonds. The number of benzene rings is 1. The molecule has 1 aliphatic heterocycles. The second-order valence-corrected chi connectivity index (χ2v) is 5.51. The zero-order valence-electron chi connectivity index (χ0n) is 12.5. The van der Waals surface area contributed by atoms with Crippen LogP contribution in [-0.4, -0.2) is 22.4 Å². The van der Waals surface area contributed by atoms with Crippen LogP contribution < -0.4 is 5.32 Å². The van der Waals surface area contributed by atoms with E-state index in [0.29, 0.717) is 6.04 Å². The van der Waals surface area contributed by atoms with Crippen LogP contribution in [0, 0.1) is 0 Å². The van der Waals surface area contributed by atoms with Crippen LogP contribution in [0.3, 0.4) is 0 Å². The van der Waals surface area contributed by atoms with Crippen molar-refractivity contribution in [3.63, 3.8) is 0 Å². The van der Waals surface area contributed by atoms with Crippen LogP contribution >= 0.6 is 0 Å². The molecule has 2 heterocycles. The van der Waals surface area contributed by atoms with Gasteiger partial charge in [0, 0.05) is 31.9 Å². The normalized spacial score (nSPS) is 22.3. The maximum absolute atomic E-state index is 5.92. The standard InChI is InChI=1S/C17H23N3O/c1-2-20-16(8-10-19-20)13-18-15-9-11-21-17(12-15)14-6-4-3-5-7-14/h3-8,10,15,17-18H,2,9,11-13H2,1H3/t15-,17-/m1/s1. The summed E-state index contributed by atoms with van der Waals surface area (Å²) in [6, 6.07) is 13.1. The zero-order chi connectivity index (χ0) is 14.5. The number of nitrogens with one attached hydrogen (secondary N) is 1. The molecule has 21 heavy (non-hydrogen) atoms. The molecule has 1 aromatic carbocycles. The van der Waals surface area contributed by atoms with Crippen molar-refractivity contribution in [1.82, 2.24) is 15.1 Å². The van der Waals surface area contributed by atoms with E-state index in [1.165, 1.54) is 11.3 Å². The van der Waals surface area contributed by atoms with E-state index in [-0.39, 0.29) is 6.10 Å². The summed E-state index contributed by atoms with van der Waals surface area (Å²) >= 11 is 0. The van der Waals surface area contributed by atoms with E-state index in [1.807, 2.05) is 16.9 Å². The molecular formula is C17H23N3O. The molecule has 0 radical (unpaired) electrons. The Balaban J connectivity index is 1.57. The number of aryl methyl sites for hydroxylation is 1. The lowest BCUT2D eigenvalue weighted by Crippen LogP contribution is -2.36. The maximum atomic E-state index is 5.92. The van der Waals surface area contributed by atoms with Gasteiger partial charge in [-0.3, -0.25) is 4.68 Å². The number of aromatic nitrogens is 2. The van der Waals surface area contributed by atoms with Crippen LogP contribution in [0.25, 0.3) is 0 Å². The Morgan fingerprint density at radius 3 is 2.95 bits per heavy atom. The zero-order valence-corrected chi connectivity index (χ0v) is 12.5. The Kier molecular flexibility index (Phi) is 4.68. The average Bonchev–Trinajstić information content (AvgIpc) is 3.01. The first-order chi connectivity index (χ1) is 10.4. The predicted octanol–water partition coefficient (Wildman–Crippen LogP) is 2.91. The van der Waals surface area contributed by atoms with Gasteiger partial charge in [0.15, 0.2) is 0 Å². The topological polar surface area (TPSA) is 39.1 Å². The van der Waals surface area contributed by atoms with E-state index in [4.69, 9.17) is 4.74 Å². The van der Waals surface area contributed by atoms with Crippen molar-refractivity contribution >= 4 is 0 Å². The minimum absolute atomic E-state index is 0.216. The highest BCUT2D eigenvalue weighted by molar-refractivity contribution is 5.18. The molecule has 0 saturated carbocycles. The van der Waals surface area contributed by atoms with E-state index in [1.54, 1.807) is 0 Å². The average molecular weight is 285 g/mol. The highest BCUT2D eigenvalue weighted by Gasteiger charge is 2.23. The molecule has 4 nitrogen and oxygen atoms in total. The summed E-state index contributed by atoms with van der Waals surface area (Å²) in [5, 5.41) is 7.97. The third kappa shape index (κ3) is 3.52. The summed E-state index contributed by atoms with van der Waals surface area (Å²) in [5.41, 5.74) is 2.53. The molecule has 0 spiro atoms. The summed E-state index contributed by atoms with van der Waals surface area (Å²) in [6.07, 6.45) is 4.19. The molecule has 1 N–H and O–H groups in total. The molecular weight excluding hydrogens is 262 g/mol. The predicted molar refractivity (Wildman–Crippen MR) is 82.9 cm³/mol. The van der Waals surface area contributed by atoms with E-state index in [2.05, 4.69) is 47.7 Å². The molecule has 4 heteroatoms. The summed E-state index contributed by atoms with van der Waals surface area (Å²) in [6.45, 7) is 4.74. The van der Waals surface area contributed by atoms with Crippen molar-refractivity contribution in [2.75, 3.05) is 6.61 Å². The third-order valence-electron chi connectivity index (χ3n) is 4.13. The van der Waals surface area contributed by atoms with E-state index in [9.17, 15) is 0 Å². The van der Waals surface area contributed by atoms with Crippen molar-refractivity contribution in [2.45, 2.75) is 45.0 Å². The van der Waals surface area contributed by atoms with Crippen LogP contribution in [-0.2, 0) is 17.8 Å². The minimum atomic E-state index is 0.216. The van der Waals surface area contributed by atoms with Crippen LogP contribution in [0.1, 0.15) is 37.1 Å². The molecule has 112 valence electrons. The Morgan fingerprint density at radius 1 is 1.29 bits per heavy atom. The third-order valence-corrected chi connectivity index (χ3v) is 4.13. The Hall–Kier alpha value is -1.65. The summed E-state index contributed by atoms with van der Waals surface area (Å²) in [5.74, 6) is 0. The molecule has 0 aliphatic carbocycles. The van der Waals surface area contributed by atoms with Gasteiger partial charge in [0.05, 0.1) is 11.8 Å². The van der Waals surface area contributed by atoms with Gasteiger partial charge in [0.2, 0.25) is 0 Å². The van der Waals surface area contributed by atoms with Gasteiger partial charge in [-0.05, 0) is 31.4 Å². The maximum Gasteiger partial charge on any atom is 0.0839 e. The second kappa shape index (κ2) is 6.87. The smallest absolute Gasteiger partial charge is 0.0839 e. The lowest BCUT2D eigenvalue weighted by atomic mass is 9.97. The van der Waals surface area contributed by atoms with Crippen molar-refractivity contribution in [1.29, 1.82) is 0 Å². The van der Waals surface area contributed by atoms with Gasteiger partial charge in [-0.2, -0.15) is 5.10 Å². The molecule has 1 saturated heterocycles. The van der Waals surface area contributed by atoms with Gasteiger partial charge in [0.1, 0.15) is 0 Å². The quantitative estimate of drug-likeness (QED) is 0.918. The van der Waals surface area contributed by atoms with Gasteiger partial charge in [-0.1, -0.05) is 30.3 Å². The van der Waals surface area contributed by atoms with Gasteiger partial charge in [-0.25, -0.2) is 0 Å². The molecule has 1 fully saturated rings. The van der Waals surface area contributed by atoms with Gasteiger partial charge < -0.3 is 10.1 Å². The van der Waals surface area contributed by atoms with E-state index >= 15 is 0 Å². The molecule has 3 rings (SSSR count). The fourth-order valence-corrected chi connectivity index (χ4v) is 2.93. The van der Waals surface area contributed by atoms with Crippen LogP contribution in [0.15, 0.2) is 42.6 Å². The first kappa shape index (κ1) is 14.3. The Labute approximate surface area is 126 Å². The van der Waals surface area contributed by atoms with Crippen molar-refractivity contribution < 1.29 is 4.74 Å².